The first-order chi connectivity index (χ1) is 18.4. The molecular formula is C29H30ClN2O6-. The van der Waals surface area contributed by atoms with Crippen molar-refractivity contribution in [1.29, 1.82) is 0 Å². The van der Waals surface area contributed by atoms with Gasteiger partial charge in [0, 0.05) is 41.4 Å². The molecule has 0 aliphatic carbocycles. The summed E-state index contributed by atoms with van der Waals surface area (Å²) in [6, 6.07) is 15.2. The summed E-state index contributed by atoms with van der Waals surface area (Å²) >= 11 is 6.46. The lowest BCUT2D eigenvalue weighted by atomic mass is 9.93. The smallest absolute Gasteiger partial charge is 0.225 e. The Morgan fingerprint density at radius 1 is 1.03 bits per heavy atom. The lowest BCUT2D eigenvalue weighted by molar-refractivity contribution is -0.307. The van der Waals surface area contributed by atoms with Gasteiger partial charge in [0.05, 0.1) is 32.0 Å². The predicted octanol–water partition coefficient (Wildman–Crippen LogP) is 4.08. The lowest BCUT2D eigenvalue weighted by Gasteiger charge is -2.33. The molecule has 3 heterocycles. The molecule has 0 N–H and O–H groups in total. The van der Waals surface area contributed by atoms with Gasteiger partial charge >= 0.3 is 0 Å². The summed E-state index contributed by atoms with van der Waals surface area (Å²) in [5.41, 5.74) is 3.38. The second-order valence-corrected chi connectivity index (χ2v) is 10.1. The largest absolute Gasteiger partial charge is 0.550 e. The number of carbonyl (C=O) groups is 2. The average molecular weight is 538 g/mol. The van der Waals surface area contributed by atoms with E-state index in [2.05, 4.69) is 0 Å². The van der Waals surface area contributed by atoms with Gasteiger partial charge in [-0.1, -0.05) is 23.7 Å². The van der Waals surface area contributed by atoms with Gasteiger partial charge in [0.25, 0.3) is 0 Å². The van der Waals surface area contributed by atoms with Gasteiger partial charge in [-0.15, -0.1) is 0 Å². The molecule has 2 aliphatic rings. The summed E-state index contributed by atoms with van der Waals surface area (Å²) in [4.78, 5) is 26.3. The minimum atomic E-state index is -1.04. The van der Waals surface area contributed by atoms with Gasteiger partial charge in [-0.2, -0.15) is 0 Å². The van der Waals surface area contributed by atoms with Crippen LogP contribution in [0.2, 0.25) is 5.02 Å². The van der Waals surface area contributed by atoms with Gasteiger partial charge in [0.15, 0.2) is 11.5 Å². The van der Waals surface area contributed by atoms with E-state index < -0.39 is 18.2 Å². The third-order valence-corrected chi connectivity index (χ3v) is 7.68. The molecule has 1 amide bonds. The standard InChI is InChI=1S/C29H31ClN2O6/c1-36-24-7-3-5-20(29(24)37-2)28-21-16-19(30)8-9-22(21)32-12-4-6-23(32)25(38-28)17-26(33)31-13-10-18(11-14-31)15-27(34)35/h3-9,12,16,18,25,28H,10-11,13-15,17H2,1-2H3,(H,34,35)/p-1/t25-,28-/m1/s1. The zero-order valence-corrected chi connectivity index (χ0v) is 22.1. The second kappa shape index (κ2) is 11.1. The normalized spacial score (nSPS) is 19.3. The number of likely N-dealkylation sites (tertiary alicyclic amines) is 1. The van der Waals surface area contributed by atoms with Crippen molar-refractivity contribution in [2.45, 2.75) is 37.9 Å². The minimum Gasteiger partial charge on any atom is -0.550 e. The van der Waals surface area contributed by atoms with Crippen molar-refractivity contribution in [3.8, 4) is 17.2 Å². The molecule has 9 heteroatoms. The van der Waals surface area contributed by atoms with E-state index in [0.717, 1.165) is 22.5 Å². The van der Waals surface area contributed by atoms with Crippen LogP contribution in [0.25, 0.3) is 5.69 Å². The topological polar surface area (TPSA) is 93.1 Å². The van der Waals surface area contributed by atoms with Crippen molar-refractivity contribution in [3.63, 3.8) is 0 Å². The molecule has 2 aromatic carbocycles. The maximum atomic E-state index is 13.5. The van der Waals surface area contributed by atoms with Crippen LogP contribution in [0.5, 0.6) is 11.5 Å². The van der Waals surface area contributed by atoms with Gasteiger partial charge in [0.2, 0.25) is 5.91 Å². The number of carboxylic acid groups (broad SMARTS) is 1. The SMILES string of the molecule is COc1cccc([C@H]2O[C@H](CC(=O)N3CCC(CC(=O)[O-])CC3)c3cccn3-c3ccc(Cl)cc32)c1OC. The maximum absolute atomic E-state index is 13.5. The Morgan fingerprint density at radius 3 is 2.53 bits per heavy atom. The number of piperidine rings is 1. The van der Waals surface area contributed by atoms with Gasteiger partial charge in [-0.05, 0) is 61.6 Å². The molecule has 0 bridgehead atoms. The van der Waals surface area contributed by atoms with Gasteiger partial charge in [-0.3, -0.25) is 4.79 Å². The number of fused-ring (bicyclic) bond motifs is 3. The number of ether oxygens (including phenoxy) is 3. The second-order valence-electron chi connectivity index (χ2n) is 9.70. The molecule has 0 saturated carbocycles. The Balaban J connectivity index is 1.49. The molecule has 5 rings (SSSR count). The number of aliphatic carboxylic acids is 1. The summed E-state index contributed by atoms with van der Waals surface area (Å²) < 4.78 is 20.1. The summed E-state index contributed by atoms with van der Waals surface area (Å²) in [6.07, 6.45) is 2.29. The number of carboxylic acids is 1. The van der Waals surface area contributed by atoms with Crippen LogP contribution >= 0.6 is 11.6 Å². The molecule has 8 nitrogen and oxygen atoms in total. The highest BCUT2D eigenvalue weighted by molar-refractivity contribution is 6.30. The zero-order valence-electron chi connectivity index (χ0n) is 21.4. The molecule has 2 atom stereocenters. The highest BCUT2D eigenvalue weighted by Gasteiger charge is 2.35. The van der Waals surface area contributed by atoms with E-state index >= 15 is 0 Å². The number of rotatable bonds is 7. The number of benzene rings is 2. The first kappa shape index (κ1) is 26.1. The quantitative estimate of drug-likeness (QED) is 0.451. The monoisotopic (exact) mass is 537 g/mol. The van der Waals surface area contributed by atoms with Crippen LogP contribution in [0.15, 0.2) is 54.7 Å². The molecule has 200 valence electrons. The number of carbonyl (C=O) groups excluding carboxylic acids is 2. The number of nitrogens with zero attached hydrogens (tertiary/aromatic N) is 2. The number of amides is 1. The average Bonchev–Trinajstić information content (AvgIpc) is 3.36. The number of para-hydroxylation sites is 1. The van der Waals surface area contributed by atoms with E-state index in [9.17, 15) is 14.7 Å². The fourth-order valence-electron chi connectivity index (χ4n) is 5.56. The van der Waals surface area contributed by atoms with E-state index in [0.29, 0.717) is 42.5 Å². The molecule has 38 heavy (non-hydrogen) atoms. The Morgan fingerprint density at radius 2 is 1.82 bits per heavy atom. The van der Waals surface area contributed by atoms with Crippen molar-refractivity contribution in [1.82, 2.24) is 9.47 Å². The Hall–Kier alpha value is -3.49. The maximum Gasteiger partial charge on any atom is 0.225 e. The van der Waals surface area contributed by atoms with Crippen LogP contribution in [-0.2, 0) is 14.3 Å². The number of hydrogen-bond acceptors (Lipinski definition) is 6. The summed E-state index contributed by atoms with van der Waals surface area (Å²) in [6.45, 7) is 1.04. The molecule has 0 unspecified atom stereocenters. The fraction of sp³-hybridized carbons (Fsp3) is 0.379. The van der Waals surface area contributed by atoms with E-state index in [-0.39, 0.29) is 24.7 Å². The summed E-state index contributed by atoms with van der Waals surface area (Å²) in [5.74, 6) is 0.0984. The summed E-state index contributed by atoms with van der Waals surface area (Å²) in [7, 11) is 3.18. The van der Waals surface area contributed by atoms with Crippen molar-refractivity contribution >= 4 is 23.5 Å². The third-order valence-electron chi connectivity index (χ3n) is 7.44. The third kappa shape index (κ3) is 5.11. The van der Waals surface area contributed by atoms with E-state index in [1.165, 1.54) is 0 Å². The van der Waals surface area contributed by atoms with Crippen molar-refractivity contribution < 1.29 is 28.9 Å². The van der Waals surface area contributed by atoms with Crippen LogP contribution in [0.3, 0.4) is 0 Å². The van der Waals surface area contributed by atoms with Crippen LogP contribution in [0.4, 0.5) is 0 Å². The Kier molecular flexibility index (Phi) is 7.63. The molecule has 1 aromatic heterocycles. The highest BCUT2D eigenvalue weighted by Crippen LogP contribution is 2.46. The van der Waals surface area contributed by atoms with Crippen LogP contribution in [0, 0.1) is 5.92 Å². The minimum absolute atomic E-state index is 0.0324. The first-order valence-electron chi connectivity index (χ1n) is 12.7. The molecule has 1 fully saturated rings. The number of methoxy groups -OCH3 is 2. The molecule has 1 saturated heterocycles. The van der Waals surface area contributed by atoms with E-state index in [4.69, 9.17) is 25.8 Å². The zero-order chi connectivity index (χ0) is 26.8. The van der Waals surface area contributed by atoms with Gasteiger partial charge < -0.3 is 33.6 Å². The highest BCUT2D eigenvalue weighted by atomic mass is 35.5. The molecular weight excluding hydrogens is 508 g/mol. The molecule has 0 radical (unpaired) electrons. The molecule has 0 spiro atoms. The lowest BCUT2D eigenvalue weighted by Crippen LogP contribution is -2.40. The van der Waals surface area contributed by atoms with Crippen molar-refractivity contribution in [3.05, 3.63) is 76.6 Å². The fourth-order valence-corrected chi connectivity index (χ4v) is 5.74. The van der Waals surface area contributed by atoms with Gasteiger partial charge in [0.1, 0.15) is 12.2 Å². The van der Waals surface area contributed by atoms with Crippen LogP contribution in [0.1, 0.15) is 54.7 Å². The van der Waals surface area contributed by atoms with E-state index in [1.54, 1.807) is 19.1 Å². The van der Waals surface area contributed by atoms with Gasteiger partial charge in [-0.25, -0.2) is 0 Å². The van der Waals surface area contributed by atoms with Crippen LogP contribution < -0.4 is 14.6 Å². The number of aromatic nitrogens is 1. The van der Waals surface area contributed by atoms with Crippen molar-refractivity contribution in [2.75, 3.05) is 27.3 Å². The Bertz CT molecular complexity index is 1330. The first-order valence-corrected chi connectivity index (χ1v) is 13.1. The molecule has 2 aliphatic heterocycles. The van der Waals surface area contributed by atoms with E-state index in [1.807, 2.05) is 59.3 Å². The molecule has 3 aromatic rings. The Labute approximate surface area is 226 Å². The van der Waals surface area contributed by atoms with Crippen LogP contribution in [-0.4, -0.2) is 48.7 Å². The number of hydrogen-bond donors (Lipinski definition) is 0. The van der Waals surface area contributed by atoms with Crippen molar-refractivity contribution in [2.24, 2.45) is 5.92 Å². The predicted molar refractivity (Wildman–Crippen MR) is 140 cm³/mol. The summed E-state index contributed by atoms with van der Waals surface area (Å²) in [5, 5.41) is 11.6. The number of halogens is 1.